The van der Waals surface area contributed by atoms with Gasteiger partial charge in [-0.25, -0.2) is 0 Å². The first-order valence-electron chi connectivity index (χ1n) is 12.3. The first-order valence-corrected chi connectivity index (χ1v) is 13.3. The predicted molar refractivity (Wildman–Crippen MR) is 143 cm³/mol. The van der Waals surface area contributed by atoms with Gasteiger partial charge in [0, 0.05) is 17.8 Å². The molecule has 2 aromatic carbocycles. The third-order valence-electron chi connectivity index (χ3n) is 6.20. The fraction of sp³-hybridized carbons (Fsp3) is 0.407. The smallest absolute Gasteiger partial charge is 0.252 e. The van der Waals surface area contributed by atoms with Crippen molar-refractivity contribution < 1.29 is 19.1 Å². The van der Waals surface area contributed by atoms with Gasteiger partial charge in [-0.15, -0.1) is 10.2 Å². The molecule has 0 saturated carbocycles. The molecule has 10 heteroatoms. The van der Waals surface area contributed by atoms with Crippen molar-refractivity contribution >= 4 is 29.3 Å². The molecule has 1 aromatic heterocycles. The lowest BCUT2D eigenvalue weighted by atomic mass is 10.0. The number of carbonyl (C=O) groups is 2. The van der Waals surface area contributed by atoms with Gasteiger partial charge >= 0.3 is 0 Å². The molecule has 1 aliphatic heterocycles. The molecule has 0 radical (unpaired) electrons. The Bertz CT molecular complexity index is 1300. The summed E-state index contributed by atoms with van der Waals surface area (Å²) >= 11 is 1.33. The molecule has 196 valence electrons. The van der Waals surface area contributed by atoms with Crippen LogP contribution in [0.5, 0.6) is 11.5 Å². The van der Waals surface area contributed by atoms with Gasteiger partial charge in [-0.2, -0.15) is 0 Å². The Morgan fingerprint density at radius 2 is 1.76 bits per heavy atom. The number of carbonyl (C=O) groups excluding carboxylic acids is 2. The molecule has 4 rings (SSSR count). The Balaban J connectivity index is 1.46. The van der Waals surface area contributed by atoms with Crippen molar-refractivity contribution in [3.05, 3.63) is 58.4 Å². The lowest BCUT2D eigenvalue weighted by Crippen LogP contribution is -2.33. The van der Waals surface area contributed by atoms with Gasteiger partial charge in [0.05, 0.1) is 11.8 Å². The molecule has 0 bridgehead atoms. The quantitative estimate of drug-likeness (QED) is 0.388. The number of thioether (sulfide) groups is 1. The first kappa shape index (κ1) is 26.5. The molecular formula is C27H33N5O4S. The molecule has 0 fully saturated rings. The maximum atomic E-state index is 13.1. The number of benzene rings is 2. The summed E-state index contributed by atoms with van der Waals surface area (Å²) < 4.78 is 12.7. The third kappa shape index (κ3) is 5.90. The molecule has 9 nitrogen and oxygen atoms in total. The average Bonchev–Trinajstić information content (AvgIpc) is 3.49. The first-order chi connectivity index (χ1) is 17.7. The molecule has 37 heavy (non-hydrogen) atoms. The number of anilines is 1. The van der Waals surface area contributed by atoms with E-state index in [1.165, 1.54) is 11.8 Å². The van der Waals surface area contributed by atoms with Crippen molar-refractivity contribution in [3.8, 4) is 11.5 Å². The summed E-state index contributed by atoms with van der Waals surface area (Å²) in [5.41, 5.74) is 4.56. The zero-order valence-electron chi connectivity index (χ0n) is 22.0. The van der Waals surface area contributed by atoms with Gasteiger partial charge in [0.2, 0.25) is 12.7 Å². The fourth-order valence-corrected chi connectivity index (χ4v) is 5.22. The van der Waals surface area contributed by atoms with Gasteiger partial charge in [-0.1, -0.05) is 43.3 Å². The van der Waals surface area contributed by atoms with Crippen LogP contribution in [0, 0.1) is 26.7 Å². The number of amides is 2. The zero-order valence-corrected chi connectivity index (χ0v) is 22.9. The standard InChI is InChI=1S/C27H33N5O4S/c1-7-32-25(23(15(2)3)29-26(34)19-8-9-20-21(12-19)36-14-35-20)30-31-27(32)37-13-22(33)28-24-17(5)10-16(4)11-18(24)6/h8-12,15,23H,7,13-14H2,1-6H3,(H,28,33)(H,29,34). The Labute approximate surface area is 221 Å². The second kappa shape index (κ2) is 11.2. The number of aryl methyl sites for hydroxylation is 3. The highest BCUT2D eigenvalue weighted by Gasteiger charge is 2.27. The minimum atomic E-state index is -0.369. The molecule has 1 aliphatic rings. The summed E-state index contributed by atoms with van der Waals surface area (Å²) in [5, 5.41) is 15.5. The van der Waals surface area contributed by atoms with Crippen molar-refractivity contribution in [2.45, 2.75) is 59.3 Å². The maximum Gasteiger partial charge on any atom is 0.252 e. The lowest BCUT2D eigenvalue weighted by Gasteiger charge is -2.22. The van der Waals surface area contributed by atoms with Crippen LogP contribution in [0.2, 0.25) is 0 Å². The monoisotopic (exact) mass is 523 g/mol. The van der Waals surface area contributed by atoms with Gasteiger partial charge in [-0.05, 0) is 62.9 Å². The van der Waals surface area contributed by atoms with E-state index in [0.29, 0.717) is 34.6 Å². The van der Waals surface area contributed by atoms with Crippen LogP contribution in [0.1, 0.15) is 59.7 Å². The molecule has 2 amide bonds. The van der Waals surface area contributed by atoms with Crippen molar-refractivity contribution in [2.24, 2.45) is 5.92 Å². The second-order valence-corrected chi connectivity index (χ2v) is 10.4. The third-order valence-corrected chi connectivity index (χ3v) is 7.17. The number of nitrogens with one attached hydrogen (secondary N) is 2. The van der Waals surface area contributed by atoms with E-state index in [1.807, 2.05) is 46.1 Å². The highest BCUT2D eigenvalue weighted by atomic mass is 32.2. The molecular weight excluding hydrogens is 490 g/mol. The average molecular weight is 524 g/mol. The normalized spacial score (nSPS) is 13.1. The number of hydrogen-bond acceptors (Lipinski definition) is 7. The van der Waals surface area contributed by atoms with E-state index in [1.54, 1.807) is 18.2 Å². The van der Waals surface area contributed by atoms with Gasteiger partial charge in [0.1, 0.15) is 0 Å². The van der Waals surface area contributed by atoms with Crippen LogP contribution in [0.4, 0.5) is 5.69 Å². The van der Waals surface area contributed by atoms with E-state index >= 15 is 0 Å². The van der Waals surface area contributed by atoms with E-state index in [2.05, 4.69) is 33.0 Å². The van der Waals surface area contributed by atoms with Crippen LogP contribution < -0.4 is 20.1 Å². The molecule has 1 atom stereocenters. The Hall–Kier alpha value is -3.53. The summed E-state index contributed by atoms with van der Waals surface area (Å²) in [7, 11) is 0. The van der Waals surface area contributed by atoms with Crippen LogP contribution in [-0.2, 0) is 11.3 Å². The largest absolute Gasteiger partial charge is 0.454 e. The van der Waals surface area contributed by atoms with Crippen molar-refractivity contribution in [2.75, 3.05) is 17.9 Å². The SMILES string of the molecule is CCn1c(SCC(=O)Nc2c(C)cc(C)cc2C)nnc1C(NC(=O)c1ccc2c(c1)OCO2)C(C)C. The van der Waals surface area contributed by atoms with E-state index in [4.69, 9.17) is 9.47 Å². The number of aromatic nitrogens is 3. The predicted octanol–water partition coefficient (Wildman–Crippen LogP) is 4.81. The zero-order chi connectivity index (χ0) is 26.7. The van der Waals surface area contributed by atoms with Gasteiger partial charge in [0.25, 0.3) is 5.91 Å². The molecule has 2 heterocycles. The molecule has 0 aliphatic carbocycles. The fourth-order valence-electron chi connectivity index (χ4n) is 4.41. The van der Waals surface area contributed by atoms with E-state index in [-0.39, 0.29) is 36.3 Å². The minimum absolute atomic E-state index is 0.0566. The van der Waals surface area contributed by atoms with E-state index in [9.17, 15) is 9.59 Å². The maximum absolute atomic E-state index is 13.1. The number of rotatable bonds is 9. The van der Waals surface area contributed by atoms with E-state index < -0.39 is 0 Å². The highest BCUT2D eigenvalue weighted by molar-refractivity contribution is 7.99. The number of nitrogens with zero attached hydrogens (tertiary/aromatic N) is 3. The summed E-state index contributed by atoms with van der Waals surface area (Å²) in [4.78, 5) is 25.8. The Morgan fingerprint density at radius 1 is 1.05 bits per heavy atom. The highest BCUT2D eigenvalue weighted by Crippen LogP contribution is 2.33. The number of hydrogen-bond donors (Lipinski definition) is 2. The Morgan fingerprint density at radius 3 is 2.43 bits per heavy atom. The second-order valence-electron chi connectivity index (χ2n) is 9.46. The van der Waals surface area contributed by atoms with Crippen LogP contribution >= 0.6 is 11.8 Å². The minimum Gasteiger partial charge on any atom is -0.454 e. The molecule has 2 N–H and O–H groups in total. The van der Waals surface area contributed by atoms with Crippen LogP contribution in [0.25, 0.3) is 0 Å². The lowest BCUT2D eigenvalue weighted by molar-refractivity contribution is -0.113. The number of ether oxygens (including phenoxy) is 2. The molecule has 0 saturated heterocycles. The molecule has 1 unspecified atom stereocenters. The van der Waals surface area contributed by atoms with Crippen molar-refractivity contribution in [1.29, 1.82) is 0 Å². The van der Waals surface area contributed by atoms with Gasteiger partial charge in [-0.3, -0.25) is 9.59 Å². The Kier molecular flexibility index (Phi) is 8.06. The van der Waals surface area contributed by atoms with E-state index in [0.717, 1.165) is 22.4 Å². The summed E-state index contributed by atoms with van der Waals surface area (Å²) in [6.07, 6.45) is 0. The molecule has 0 spiro atoms. The summed E-state index contributed by atoms with van der Waals surface area (Å²) in [6, 6.07) is 8.86. The van der Waals surface area contributed by atoms with Crippen LogP contribution in [-0.4, -0.2) is 39.1 Å². The molecule has 3 aromatic rings. The van der Waals surface area contributed by atoms with Gasteiger partial charge in [0.15, 0.2) is 22.5 Å². The summed E-state index contributed by atoms with van der Waals surface area (Å²) in [5.74, 6) is 1.74. The van der Waals surface area contributed by atoms with Crippen LogP contribution in [0.15, 0.2) is 35.5 Å². The van der Waals surface area contributed by atoms with Crippen molar-refractivity contribution in [3.63, 3.8) is 0 Å². The topological polar surface area (TPSA) is 107 Å². The van der Waals surface area contributed by atoms with Crippen LogP contribution in [0.3, 0.4) is 0 Å². The van der Waals surface area contributed by atoms with Gasteiger partial charge < -0.3 is 24.7 Å². The number of fused-ring (bicyclic) bond motifs is 1. The summed E-state index contributed by atoms with van der Waals surface area (Å²) in [6.45, 7) is 12.8. The van der Waals surface area contributed by atoms with Crippen molar-refractivity contribution in [1.82, 2.24) is 20.1 Å².